The third kappa shape index (κ3) is 14.5. The van der Waals surface area contributed by atoms with E-state index >= 15 is 0 Å². The van der Waals surface area contributed by atoms with Crippen LogP contribution in [0, 0.1) is 0 Å². The van der Waals surface area contributed by atoms with Gasteiger partial charge in [-0.25, -0.2) is 19.2 Å². The summed E-state index contributed by atoms with van der Waals surface area (Å²) in [6, 6.07) is 18.0. The molecular formula is C34H44O10. The molecular weight excluding hydrogens is 568 g/mol. The molecule has 0 amide bonds. The summed E-state index contributed by atoms with van der Waals surface area (Å²) < 4.78 is 30.5. The summed E-state index contributed by atoms with van der Waals surface area (Å²) in [4.78, 5) is 46.8. The molecule has 0 aliphatic heterocycles. The lowest BCUT2D eigenvalue weighted by molar-refractivity contribution is -0.145. The molecule has 10 heteroatoms. The lowest BCUT2D eigenvalue weighted by Crippen LogP contribution is -2.10. The first-order chi connectivity index (χ1) is 19.4. The Balaban J connectivity index is -0.00000274. The van der Waals surface area contributed by atoms with E-state index in [2.05, 4.69) is 13.2 Å². The molecule has 0 saturated carbocycles. The number of benzene rings is 3. The summed E-state index contributed by atoms with van der Waals surface area (Å²) in [5, 5.41) is 0. The van der Waals surface area contributed by atoms with E-state index in [1.165, 1.54) is 72.8 Å². The first-order valence-electron chi connectivity index (χ1n) is 12.0. The van der Waals surface area contributed by atoms with E-state index in [0.29, 0.717) is 11.5 Å². The highest BCUT2D eigenvalue weighted by molar-refractivity contribution is 5.92. The number of hydrogen-bond donors (Lipinski definition) is 0. The maximum absolute atomic E-state index is 12.4. The highest BCUT2D eigenvalue weighted by Gasteiger charge is 2.12. The van der Waals surface area contributed by atoms with Crippen LogP contribution in [0.3, 0.4) is 0 Å². The van der Waals surface area contributed by atoms with Crippen molar-refractivity contribution < 1.29 is 47.6 Å². The van der Waals surface area contributed by atoms with E-state index in [-0.39, 0.29) is 65.9 Å². The van der Waals surface area contributed by atoms with Gasteiger partial charge in [-0.15, -0.1) is 0 Å². The molecule has 0 heterocycles. The highest BCUT2D eigenvalue weighted by atomic mass is 16.7. The third-order valence-corrected chi connectivity index (χ3v) is 4.61. The Morgan fingerprint density at radius 2 is 0.795 bits per heavy atom. The number of hydrogen-bond acceptors (Lipinski definition) is 10. The summed E-state index contributed by atoms with van der Waals surface area (Å²) in [5.74, 6) is -1.19. The fraction of sp³-hybridized carbons (Fsp3) is 0.235. The third-order valence-electron chi connectivity index (χ3n) is 4.61. The van der Waals surface area contributed by atoms with Gasteiger partial charge >= 0.3 is 23.9 Å². The van der Waals surface area contributed by atoms with Gasteiger partial charge in [-0.1, -0.05) is 56.7 Å². The Bertz CT molecular complexity index is 1190. The summed E-state index contributed by atoms with van der Waals surface area (Å²) in [5.41, 5.74) is 0.532. The van der Waals surface area contributed by atoms with Crippen LogP contribution in [0.15, 0.2) is 98.1 Å². The maximum atomic E-state index is 12.4. The van der Waals surface area contributed by atoms with Crippen molar-refractivity contribution in [1.29, 1.82) is 0 Å². The molecule has 10 nitrogen and oxygen atoms in total. The molecule has 0 bridgehead atoms. The monoisotopic (exact) mass is 612 g/mol. The van der Waals surface area contributed by atoms with Gasteiger partial charge in [0.05, 0.1) is 11.1 Å². The maximum Gasteiger partial charge on any atom is 0.343 e. The van der Waals surface area contributed by atoms with E-state index in [9.17, 15) is 19.2 Å². The molecule has 0 aromatic heterocycles. The van der Waals surface area contributed by atoms with Crippen LogP contribution >= 0.6 is 0 Å². The van der Waals surface area contributed by atoms with Crippen molar-refractivity contribution in [2.24, 2.45) is 0 Å². The highest BCUT2D eigenvalue weighted by Crippen LogP contribution is 2.21. The molecule has 0 N–H and O–H groups in total. The van der Waals surface area contributed by atoms with Crippen molar-refractivity contribution in [2.45, 2.75) is 43.6 Å². The Labute approximate surface area is 260 Å². The van der Waals surface area contributed by atoms with Crippen molar-refractivity contribution in [1.82, 2.24) is 0 Å². The van der Waals surface area contributed by atoms with E-state index in [1.54, 1.807) is 0 Å². The summed E-state index contributed by atoms with van der Waals surface area (Å²) in [6.45, 7) is 9.97. The molecule has 240 valence electrons. The van der Waals surface area contributed by atoms with Gasteiger partial charge in [0.15, 0.2) is 0 Å². The fourth-order valence-electron chi connectivity index (χ4n) is 2.71. The SMILES string of the molecule is C.C.C.C.C=CC(=O)OCOc1ccc(C(=O)Oc2ccc(OC(=O)c3ccc(OCOC(=O)C=C)cc3)cc2)cc1.CC. The Hall–Kier alpha value is -5.38. The zero-order valence-corrected chi connectivity index (χ0v) is 22.0. The average molecular weight is 613 g/mol. The van der Waals surface area contributed by atoms with Gasteiger partial charge in [0.2, 0.25) is 13.6 Å². The first kappa shape index (κ1) is 43.1. The van der Waals surface area contributed by atoms with Gasteiger partial charge in [0.25, 0.3) is 0 Å². The molecule has 0 radical (unpaired) electrons. The minimum atomic E-state index is -0.614. The average Bonchev–Trinajstić information content (AvgIpc) is 2.99. The second-order valence-corrected chi connectivity index (χ2v) is 7.16. The van der Waals surface area contributed by atoms with Crippen molar-refractivity contribution in [3.63, 3.8) is 0 Å². The van der Waals surface area contributed by atoms with Crippen LogP contribution in [0.4, 0.5) is 0 Å². The standard InChI is InChI=1S/C28H22O10.C2H6.4CH4/c1-3-25(29)35-17-33-21-9-5-19(6-10-21)27(31)37-23-13-15-24(16-14-23)38-28(32)20-7-11-22(12-8-20)34-18-36-26(30)4-2;1-2;;;;/h3-16H,1-2,17-18H2;1-2H3;4*1H4. The molecule has 0 aliphatic carbocycles. The second kappa shape index (κ2) is 23.2. The predicted molar refractivity (Wildman–Crippen MR) is 171 cm³/mol. The summed E-state index contributed by atoms with van der Waals surface area (Å²) in [6.07, 6.45) is 2.04. The number of ether oxygens (including phenoxy) is 6. The van der Waals surface area contributed by atoms with Gasteiger partial charge in [-0.3, -0.25) is 0 Å². The smallest absolute Gasteiger partial charge is 0.343 e. The number of esters is 4. The topological polar surface area (TPSA) is 124 Å². The zero-order chi connectivity index (χ0) is 29.3. The van der Waals surface area contributed by atoms with E-state index in [4.69, 9.17) is 28.4 Å². The number of rotatable bonds is 12. The fourth-order valence-corrected chi connectivity index (χ4v) is 2.71. The number of carbonyl (C=O) groups excluding carboxylic acids is 4. The first-order valence-corrected chi connectivity index (χ1v) is 12.0. The normalized spacial score (nSPS) is 8.68. The van der Waals surface area contributed by atoms with Crippen molar-refractivity contribution in [3.05, 3.63) is 109 Å². The van der Waals surface area contributed by atoms with Crippen LogP contribution in [-0.2, 0) is 19.1 Å². The van der Waals surface area contributed by atoms with E-state index in [0.717, 1.165) is 12.2 Å². The van der Waals surface area contributed by atoms with Gasteiger partial charge in [0.1, 0.15) is 23.0 Å². The largest absolute Gasteiger partial charge is 0.457 e. The molecule has 0 atom stereocenters. The Morgan fingerprint density at radius 1 is 0.523 bits per heavy atom. The molecule has 44 heavy (non-hydrogen) atoms. The molecule has 0 saturated heterocycles. The summed E-state index contributed by atoms with van der Waals surface area (Å²) >= 11 is 0. The lowest BCUT2D eigenvalue weighted by Gasteiger charge is -2.09. The molecule has 3 aromatic rings. The van der Waals surface area contributed by atoms with Crippen LogP contribution in [0.1, 0.15) is 64.3 Å². The molecule has 0 spiro atoms. The molecule has 0 fully saturated rings. The van der Waals surface area contributed by atoms with E-state index in [1.807, 2.05) is 13.8 Å². The Morgan fingerprint density at radius 3 is 1.07 bits per heavy atom. The van der Waals surface area contributed by atoms with Gasteiger partial charge in [-0.2, -0.15) is 0 Å². The van der Waals surface area contributed by atoms with Gasteiger partial charge < -0.3 is 28.4 Å². The van der Waals surface area contributed by atoms with Crippen molar-refractivity contribution in [2.75, 3.05) is 13.6 Å². The van der Waals surface area contributed by atoms with Crippen LogP contribution in [0.25, 0.3) is 0 Å². The summed E-state index contributed by atoms with van der Waals surface area (Å²) in [7, 11) is 0. The zero-order valence-electron chi connectivity index (χ0n) is 22.0. The molecule has 3 aromatic carbocycles. The number of carbonyl (C=O) groups is 4. The predicted octanol–water partition coefficient (Wildman–Crippen LogP) is 7.83. The van der Waals surface area contributed by atoms with Gasteiger partial charge in [-0.05, 0) is 72.8 Å². The lowest BCUT2D eigenvalue weighted by atomic mass is 10.2. The molecule has 0 aliphatic rings. The minimum absolute atomic E-state index is 0. The minimum Gasteiger partial charge on any atom is -0.457 e. The van der Waals surface area contributed by atoms with Crippen LogP contribution in [0.2, 0.25) is 0 Å². The van der Waals surface area contributed by atoms with Crippen LogP contribution in [-0.4, -0.2) is 37.5 Å². The second-order valence-electron chi connectivity index (χ2n) is 7.16. The molecule has 0 unspecified atom stereocenters. The van der Waals surface area contributed by atoms with Crippen LogP contribution < -0.4 is 18.9 Å². The quantitative estimate of drug-likeness (QED) is 0.0865. The van der Waals surface area contributed by atoms with Crippen LogP contribution in [0.5, 0.6) is 23.0 Å². The van der Waals surface area contributed by atoms with Crippen molar-refractivity contribution in [3.8, 4) is 23.0 Å². The van der Waals surface area contributed by atoms with Crippen molar-refractivity contribution >= 4 is 23.9 Å². The Kier molecular flexibility index (Phi) is 22.7. The molecule has 3 rings (SSSR count). The van der Waals surface area contributed by atoms with Gasteiger partial charge in [0, 0.05) is 12.2 Å². The van der Waals surface area contributed by atoms with E-state index < -0.39 is 23.9 Å².